The van der Waals surface area contributed by atoms with Gasteiger partial charge in [-0.2, -0.15) is 0 Å². The first-order valence-corrected chi connectivity index (χ1v) is 9.52. The minimum atomic E-state index is -0.546. The fourth-order valence-electron chi connectivity index (χ4n) is 2.87. The van der Waals surface area contributed by atoms with E-state index in [4.69, 9.17) is 9.47 Å². The second-order valence-corrected chi connectivity index (χ2v) is 6.45. The van der Waals surface area contributed by atoms with Gasteiger partial charge in [0.1, 0.15) is 11.4 Å². The lowest BCUT2D eigenvalue weighted by Gasteiger charge is -2.32. The maximum atomic E-state index is 12.3. The third-order valence-corrected chi connectivity index (χ3v) is 4.68. The molecule has 0 aliphatic heterocycles. The zero-order valence-electron chi connectivity index (χ0n) is 16.5. The van der Waals surface area contributed by atoms with Crippen LogP contribution in [0.3, 0.4) is 0 Å². The van der Waals surface area contributed by atoms with E-state index in [1.54, 1.807) is 7.11 Å². The molecule has 0 saturated heterocycles. The molecular weight excluding hydrogens is 340 g/mol. The van der Waals surface area contributed by atoms with Gasteiger partial charge < -0.3 is 20.1 Å². The minimum Gasteiger partial charge on any atom is -0.494 e. The van der Waals surface area contributed by atoms with Gasteiger partial charge in [0.05, 0.1) is 13.2 Å². The Balaban J connectivity index is 1.91. The number of anilines is 1. The zero-order chi connectivity index (χ0) is 19.5. The number of benzene rings is 2. The van der Waals surface area contributed by atoms with Gasteiger partial charge in [-0.1, -0.05) is 50.6 Å². The van der Waals surface area contributed by atoms with Crippen molar-refractivity contribution >= 4 is 11.7 Å². The Labute approximate surface area is 162 Å². The van der Waals surface area contributed by atoms with Crippen LogP contribution in [0.5, 0.6) is 5.75 Å². The lowest BCUT2D eigenvalue weighted by Crippen LogP contribution is -2.43. The third-order valence-electron chi connectivity index (χ3n) is 4.68. The van der Waals surface area contributed by atoms with Crippen LogP contribution in [0.25, 0.3) is 0 Å². The van der Waals surface area contributed by atoms with E-state index in [1.807, 2.05) is 61.5 Å². The van der Waals surface area contributed by atoms with Crippen LogP contribution in [0, 0.1) is 0 Å². The number of carbonyl (C=O) groups excluding carboxylic acids is 1. The molecular formula is C22H30N2O3. The molecule has 5 heteroatoms. The van der Waals surface area contributed by atoms with Crippen molar-refractivity contribution in [2.75, 3.05) is 25.6 Å². The molecule has 0 radical (unpaired) electrons. The highest BCUT2D eigenvalue weighted by Crippen LogP contribution is 2.28. The van der Waals surface area contributed by atoms with Crippen LogP contribution in [-0.2, 0) is 10.3 Å². The minimum absolute atomic E-state index is 0.263. The molecule has 0 heterocycles. The van der Waals surface area contributed by atoms with Crippen LogP contribution in [-0.4, -0.2) is 26.3 Å². The van der Waals surface area contributed by atoms with Crippen LogP contribution < -0.4 is 15.4 Å². The third kappa shape index (κ3) is 6.00. The van der Waals surface area contributed by atoms with Gasteiger partial charge in [-0.25, -0.2) is 4.79 Å². The molecule has 5 nitrogen and oxygen atoms in total. The van der Waals surface area contributed by atoms with Gasteiger partial charge in [0.25, 0.3) is 0 Å². The van der Waals surface area contributed by atoms with Crippen LogP contribution in [0.1, 0.15) is 38.7 Å². The number of nitrogens with one attached hydrogen (secondary N) is 2. The van der Waals surface area contributed by atoms with Gasteiger partial charge in [-0.15, -0.1) is 0 Å². The summed E-state index contributed by atoms with van der Waals surface area (Å²) in [7, 11) is 1.67. The molecule has 2 amide bonds. The first kappa shape index (κ1) is 20.8. The van der Waals surface area contributed by atoms with Gasteiger partial charge in [-0.05, 0) is 42.7 Å². The summed E-state index contributed by atoms with van der Waals surface area (Å²) in [6.07, 6.45) is 2.88. The van der Waals surface area contributed by atoms with Crippen LogP contribution >= 0.6 is 0 Å². The number of urea groups is 1. The van der Waals surface area contributed by atoms with Gasteiger partial charge in [0.15, 0.2) is 0 Å². The van der Waals surface area contributed by atoms with Crippen molar-refractivity contribution in [3.8, 4) is 5.75 Å². The summed E-state index contributed by atoms with van der Waals surface area (Å²) in [6, 6.07) is 17.1. The molecule has 2 aromatic rings. The molecule has 2 aromatic carbocycles. The average Bonchev–Trinajstić information content (AvgIpc) is 2.71. The number of hydrogen-bond donors (Lipinski definition) is 2. The van der Waals surface area contributed by atoms with Gasteiger partial charge in [0, 0.05) is 12.8 Å². The van der Waals surface area contributed by atoms with E-state index >= 15 is 0 Å². The molecule has 1 atom stereocenters. The summed E-state index contributed by atoms with van der Waals surface area (Å²) in [5.41, 5.74) is 1.22. The molecule has 0 aliphatic rings. The quantitative estimate of drug-likeness (QED) is 0.583. The smallest absolute Gasteiger partial charge is 0.319 e. The van der Waals surface area contributed by atoms with Gasteiger partial charge in [-0.3, -0.25) is 0 Å². The fraction of sp³-hybridized carbons (Fsp3) is 0.409. The molecule has 0 aromatic heterocycles. The summed E-state index contributed by atoms with van der Waals surface area (Å²) in [4.78, 5) is 12.3. The van der Waals surface area contributed by atoms with Crippen molar-refractivity contribution in [2.45, 2.75) is 38.7 Å². The van der Waals surface area contributed by atoms with E-state index < -0.39 is 5.60 Å². The number of amides is 2. The van der Waals surface area contributed by atoms with Crippen LogP contribution in [0.4, 0.5) is 10.5 Å². The summed E-state index contributed by atoms with van der Waals surface area (Å²) in [6.45, 7) is 5.27. The molecule has 0 spiro atoms. The number of unbranched alkanes of at least 4 members (excludes halogenated alkanes) is 1. The number of ether oxygens (including phenoxy) is 2. The predicted octanol–water partition coefficient (Wildman–Crippen LogP) is 4.94. The molecule has 0 aliphatic carbocycles. The average molecular weight is 370 g/mol. The van der Waals surface area contributed by atoms with Gasteiger partial charge >= 0.3 is 6.03 Å². The summed E-state index contributed by atoms with van der Waals surface area (Å²) >= 11 is 0. The Kier molecular flexibility index (Phi) is 8.14. The van der Waals surface area contributed by atoms with E-state index in [9.17, 15) is 4.79 Å². The molecule has 0 bridgehead atoms. The van der Waals surface area contributed by atoms with E-state index in [1.165, 1.54) is 0 Å². The second kappa shape index (κ2) is 10.6. The molecule has 146 valence electrons. The Bertz CT molecular complexity index is 682. The summed E-state index contributed by atoms with van der Waals surface area (Å²) in [5, 5.41) is 5.77. The molecule has 2 N–H and O–H groups in total. The largest absolute Gasteiger partial charge is 0.494 e. The SMILES string of the molecule is CCCCOc1ccc(NC(=O)NCC(CC)(OC)c2ccccc2)cc1. The van der Waals surface area contributed by atoms with Crippen molar-refractivity contribution < 1.29 is 14.3 Å². The highest BCUT2D eigenvalue weighted by atomic mass is 16.5. The molecule has 0 saturated carbocycles. The second-order valence-electron chi connectivity index (χ2n) is 6.45. The van der Waals surface area contributed by atoms with Crippen molar-refractivity contribution in [1.82, 2.24) is 5.32 Å². The molecule has 2 rings (SSSR count). The number of rotatable bonds is 10. The Morgan fingerprint density at radius 3 is 2.33 bits per heavy atom. The van der Waals surface area contributed by atoms with E-state index in [-0.39, 0.29) is 6.03 Å². The Morgan fingerprint density at radius 2 is 1.74 bits per heavy atom. The number of methoxy groups -OCH3 is 1. The zero-order valence-corrected chi connectivity index (χ0v) is 16.5. The normalized spacial score (nSPS) is 12.9. The van der Waals surface area contributed by atoms with Crippen molar-refractivity contribution in [3.05, 3.63) is 60.2 Å². The topological polar surface area (TPSA) is 59.6 Å². The molecule has 27 heavy (non-hydrogen) atoms. The fourth-order valence-corrected chi connectivity index (χ4v) is 2.87. The lowest BCUT2D eigenvalue weighted by atomic mass is 9.91. The van der Waals surface area contributed by atoms with Crippen molar-refractivity contribution in [3.63, 3.8) is 0 Å². The summed E-state index contributed by atoms with van der Waals surface area (Å²) < 4.78 is 11.4. The maximum absolute atomic E-state index is 12.3. The summed E-state index contributed by atoms with van der Waals surface area (Å²) in [5.74, 6) is 0.808. The number of hydrogen-bond acceptors (Lipinski definition) is 3. The first-order chi connectivity index (χ1) is 13.1. The van der Waals surface area contributed by atoms with E-state index in [2.05, 4.69) is 17.6 Å². The van der Waals surface area contributed by atoms with Crippen molar-refractivity contribution in [2.24, 2.45) is 0 Å². The molecule has 0 fully saturated rings. The van der Waals surface area contributed by atoms with Crippen LogP contribution in [0.2, 0.25) is 0 Å². The predicted molar refractivity (Wildman–Crippen MR) is 109 cm³/mol. The number of carbonyl (C=O) groups is 1. The van der Waals surface area contributed by atoms with Crippen molar-refractivity contribution in [1.29, 1.82) is 0 Å². The molecule has 1 unspecified atom stereocenters. The Morgan fingerprint density at radius 1 is 1.04 bits per heavy atom. The highest BCUT2D eigenvalue weighted by Gasteiger charge is 2.30. The lowest BCUT2D eigenvalue weighted by molar-refractivity contribution is -0.0149. The maximum Gasteiger partial charge on any atom is 0.319 e. The Hall–Kier alpha value is -2.53. The highest BCUT2D eigenvalue weighted by molar-refractivity contribution is 5.89. The standard InChI is InChI=1S/C22H30N2O3/c1-4-6-16-27-20-14-12-19(13-15-20)24-21(25)23-17-22(5-2,26-3)18-10-8-7-9-11-18/h7-15H,4-6,16-17H2,1-3H3,(H2,23,24,25). The first-order valence-electron chi connectivity index (χ1n) is 9.52. The van der Waals surface area contributed by atoms with Gasteiger partial charge in [0.2, 0.25) is 0 Å². The van der Waals surface area contributed by atoms with E-state index in [0.29, 0.717) is 13.2 Å². The van der Waals surface area contributed by atoms with E-state index in [0.717, 1.165) is 36.3 Å². The van der Waals surface area contributed by atoms with Crippen LogP contribution in [0.15, 0.2) is 54.6 Å². The monoisotopic (exact) mass is 370 g/mol.